The third kappa shape index (κ3) is 3.72. The van der Waals surface area contributed by atoms with Crippen LogP contribution in [0.3, 0.4) is 0 Å². The molecule has 1 aromatic heterocycles. The van der Waals surface area contributed by atoms with Crippen LogP contribution in [0.2, 0.25) is 0 Å². The van der Waals surface area contributed by atoms with Gasteiger partial charge in [0.05, 0.1) is 0 Å². The van der Waals surface area contributed by atoms with Crippen LogP contribution in [0.15, 0.2) is 60.8 Å². The van der Waals surface area contributed by atoms with E-state index in [1.54, 1.807) is 0 Å². The lowest BCUT2D eigenvalue weighted by Crippen LogP contribution is -2.46. The minimum Gasteiger partial charge on any atom is -0.369 e. The van der Waals surface area contributed by atoms with Crippen molar-refractivity contribution in [1.82, 2.24) is 9.47 Å². The van der Waals surface area contributed by atoms with Gasteiger partial charge in [-0.05, 0) is 49.5 Å². The van der Waals surface area contributed by atoms with E-state index in [1.165, 1.54) is 48.2 Å². The predicted molar refractivity (Wildman–Crippen MR) is 106 cm³/mol. The summed E-state index contributed by atoms with van der Waals surface area (Å²) in [5.74, 6) is 0. The molecule has 4 rings (SSSR count). The maximum Gasteiger partial charge on any atom is 0.0480 e. The summed E-state index contributed by atoms with van der Waals surface area (Å²) in [4.78, 5) is 5.12. The van der Waals surface area contributed by atoms with E-state index in [4.69, 9.17) is 0 Å². The Morgan fingerprint density at radius 2 is 1.56 bits per heavy atom. The average molecular weight is 333 g/mol. The van der Waals surface area contributed by atoms with E-state index < -0.39 is 0 Å². The van der Waals surface area contributed by atoms with Crippen LogP contribution in [0.25, 0.3) is 10.9 Å². The third-order valence-electron chi connectivity index (χ3n) is 5.32. The molecule has 0 bridgehead atoms. The van der Waals surface area contributed by atoms with Crippen LogP contribution in [0.4, 0.5) is 5.69 Å². The number of hydrogen-bond donors (Lipinski definition) is 0. The van der Waals surface area contributed by atoms with E-state index in [9.17, 15) is 0 Å². The van der Waals surface area contributed by atoms with Gasteiger partial charge in [0, 0.05) is 50.1 Å². The molecule has 2 aromatic carbocycles. The number of nitrogens with zero attached hydrogens (tertiary/aromatic N) is 3. The van der Waals surface area contributed by atoms with Crippen LogP contribution in [0.1, 0.15) is 12.0 Å². The molecule has 0 saturated carbocycles. The predicted octanol–water partition coefficient (Wildman–Crippen LogP) is 4.16. The van der Waals surface area contributed by atoms with Crippen LogP contribution in [-0.2, 0) is 6.54 Å². The third-order valence-corrected chi connectivity index (χ3v) is 5.32. The fraction of sp³-hybridized carbons (Fsp3) is 0.364. The molecular formula is C22H27N3. The second-order valence-electron chi connectivity index (χ2n) is 7.09. The highest BCUT2D eigenvalue weighted by Crippen LogP contribution is 2.18. The van der Waals surface area contributed by atoms with Crippen molar-refractivity contribution < 1.29 is 0 Å². The summed E-state index contributed by atoms with van der Waals surface area (Å²) in [7, 11) is 0. The molecule has 3 nitrogen and oxygen atoms in total. The first kappa shape index (κ1) is 16.2. The summed E-state index contributed by atoms with van der Waals surface area (Å²) >= 11 is 0. The molecule has 1 fully saturated rings. The van der Waals surface area contributed by atoms with Crippen molar-refractivity contribution in [2.75, 3.05) is 37.6 Å². The average Bonchev–Trinajstić information content (AvgIpc) is 3.06. The van der Waals surface area contributed by atoms with Gasteiger partial charge in [0.15, 0.2) is 0 Å². The number of aryl methyl sites for hydroxylation is 2. The van der Waals surface area contributed by atoms with E-state index >= 15 is 0 Å². The van der Waals surface area contributed by atoms with Gasteiger partial charge in [-0.1, -0.05) is 35.9 Å². The van der Waals surface area contributed by atoms with Crippen LogP contribution >= 0.6 is 0 Å². The molecule has 0 amide bonds. The summed E-state index contributed by atoms with van der Waals surface area (Å²) in [5.41, 5.74) is 4.05. The first-order valence-corrected chi connectivity index (χ1v) is 9.37. The quantitative estimate of drug-likeness (QED) is 0.694. The smallest absolute Gasteiger partial charge is 0.0480 e. The number of fused-ring (bicyclic) bond motifs is 1. The Balaban J connectivity index is 1.26. The number of para-hydroxylation sites is 1. The number of benzene rings is 2. The zero-order valence-corrected chi connectivity index (χ0v) is 15.1. The Hall–Kier alpha value is -2.26. The molecular weight excluding hydrogens is 306 g/mol. The molecule has 0 aliphatic carbocycles. The van der Waals surface area contributed by atoms with Crippen LogP contribution in [0, 0.1) is 6.92 Å². The fourth-order valence-corrected chi connectivity index (χ4v) is 3.79. The molecule has 25 heavy (non-hydrogen) atoms. The number of piperazine rings is 1. The lowest BCUT2D eigenvalue weighted by molar-refractivity contribution is 0.251. The second-order valence-corrected chi connectivity index (χ2v) is 7.09. The number of rotatable bonds is 5. The Labute approximate surface area is 150 Å². The molecule has 130 valence electrons. The van der Waals surface area contributed by atoms with E-state index in [2.05, 4.69) is 82.1 Å². The minimum atomic E-state index is 1.10. The normalized spacial score (nSPS) is 15.8. The summed E-state index contributed by atoms with van der Waals surface area (Å²) < 4.78 is 2.39. The Morgan fingerprint density at radius 3 is 2.36 bits per heavy atom. The standard InChI is InChI=1S/C22H27N3/c1-19-7-9-21(10-8-19)24-17-15-23(16-18-24)12-4-13-25-14-11-20-5-2-3-6-22(20)25/h2-3,5-11,14H,4,12-13,15-18H2,1H3. The molecule has 0 N–H and O–H groups in total. The van der Waals surface area contributed by atoms with Gasteiger partial charge in [0.2, 0.25) is 0 Å². The summed E-state index contributed by atoms with van der Waals surface area (Å²) in [5, 5.41) is 1.34. The molecule has 1 saturated heterocycles. The van der Waals surface area contributed by atoms with Crippen molar-refractivity contribution in [2.45, 2.75) is 19.9 Å². The molecule has 2 heterocycles. The van der Waals surface area contributed by atoms with E-state index in [-0.39, 0.29) is 0 Å². The van der Waals surface area contributed by atoms with E-state index in [0.29, 0.717) is 0 Å². The molecule has 0 spiro atoms. The van der Waals surface area contributed by atoms with Gasteiger partial charge >= 0.3 is 0 Å². The highest BCUT2D eigenvalue weighted by molar-refractivity contribution is 5.79. The summed E-state index contributed by atoms with van der Waals surface area (Å²) in [6.07, 6.45) is 3.43. The van der Waals surface area contributed by atoms with Gasteiger partial charge in [-0.25, -0.2) is 0 Å². The Morgan fingerprint density at radius 1 is 0.800 bits per heavy atom. The van der Waals surface area contributed by atoms with Gasteiger partial charge < -0.3 is 9.47 Å². The summed E-state index contributed by atoms with van der Waals surface area (Å²) in [6, 6.07) is 19.8. The molecule has 0 unspecified atom stereocenters. The number of anilines is 1. The lowest BCUT2D eigenvalue weighted by atomic mass is 10.2. The van der Waals surface area contributed by atoms with Gasteiger partial charge in [0.1, 0.15) is 0 Å². The maximum absolute atomic E-state index is 2.61. The zero-order valence-electron chi connectivity index (χ0n) is 15.1. The van der Waals surface area contributed by atoms with Gasteiger partial charge in [-0.15, -0.1) is 0 Å². The molecule has 3 aromatic rings. The molecule has 1 aliphatic rings. The van der Waals surface area contributed by atoms with Crippen molar-refractivity contribution in [3.8, 4) is 0 Å². The fourth-order valence-electron chi connectivity index (χ4n) is 3.79. The Kier molecular flexibility index (Phi) is 4.75. The van der Waals surface area contributed by atoms with Crippen molar-refractivity contribution >= 4 is 16.6 Å². The largest absolute Gasteiger partial charge is 0.369 e. The van der Waals surface area contributed by atoms with Crippen LogP contribution in [0.5, 0.6) is 0 Å². The summed E-state index contributed by atoms with van der Waals surface area (Å²) in [6.45, 7) is 9.04. The van der Waals surface area contributed by atoms with Crippen molar-refractivity contribution in [3.63, 3.8) is 0 Å². The van der Waals surface area contributed by atoms with Gasteiger partial charge in [-0.2, -0.15) is 0 Å². The highest BCUT2D eigenvalue weighted by Gasteiger charge is 2.16. The minimum absolute atomic E-state index is 1.10. The van der Waals surface area contributed by atoms with Gasteiger partial charge in [-0.3, -0.25) is 4.90 Å². The monoisotopic (exact) mass is 333 g/mol. The molecule has 1 aliphatic heterocycles. The topological polar surface area (TPSA) is 11.4 Å². The van der Waals surface area contributed by atoms with E-state index in [0.717, 1.165) is 19.6 Å². The van der Waals surface area contributed by atoms with E-state index in [1.807, 2.05) is 0 Å². The Bertz CT molecular complexity index is 811. The molecule has 0 atom stereocenters. The first-order valence-electron chi connectivity index (χ1n) is 9.37. The van der Waals surface area contributed by atoms with Crippen molar-refractivity contribution in [3.05, 3.63) is 66.4 Å². The maximum atomic E-state index is 2.61. The zero-order chi connectivity index (χ0) is 17.1. The molecule has 0 radical (unpaired) electrons. The second kappa shape index (κ2) is 7.32. The van der Waals surface area contributed by atoms with Crippen molar-refractivity contribution in [2.24, 2.45) is 0 Å². The highest BCUT2D eigenvalue weighted by atomic mass is 15.3. The lowest BCUT2D eigenvalue weighted by Gasteiger charge is -2.36. The number of hydrogen-bond acceptors (Lipinski definition) is 2. The molecule has 3 heteroatoms. The van der Waals surface area contributed by atoms with Gasteiger partial charge in [0.25, 0.3) is 0 Å². The SMILES string of the molecule is Cc1ccc(N2CCN(CCCn3ccc4ccccc43)CC2)cc1. The first-order chi connectivity index (χ1) is 12.3. The van der Waals surface area contributed by atoms with Crippen molar-refractivity contribution in [1.29, 1.82) is 0 Å². The van der Waals surface area contributed by atoms with Crippen LogP contribution in [-0.4, -0.2) is 42.2 Å². The van der Waals surface area contributed by atoms with Crippen LogP contribution < -0.4 is 4.90 Å². The number of aromatic nitrogens is 1.